The Hall–Kier alpha value is -3.05. The summed E-state index contributed by atoms with van der Waals surface area (Å²) in [6, 6.07) is 12.8. The first kappa shape index (κ1) is 28.5. The quantitative estimate of drug-likeness (QED) is 0.296. The number of likely N-dealkylation sites (tertiary alicyclic amines) is 1. The zero-order chi connectivity index (χ0) is 28.3. The number of nitrogens with zero attached hydrogens (tertiary/aromatic N) is 3. The number of rotatable bonds is 8. The summed E-state index contributed by atoms with van der Waals surface area (Å²) in [6.07, 6.45) is 3.37. The fourth-order valence-corrected chi connectivity index (χ4v) is 7.21. The highest BCUT2D eigenvalue weighted by molar-refractivity contribution is 7.89. The SMILES string of the molecule is Cc1ccc([C@@H]2C(=C(O)c3ccc(S(=O)(=O)N4CCCCC4)cc3)C(=O)C(=O)N2CCCN2CCOCC2)cc1. The molecule has 0 radical (unpaired) electrons. The lowest BCUT2D eigenvalue weighted by atomic mass is 9.94. The molecule has 0 spiro atoms. The number of hydrogen-bond acceptors (Lipinski definition) is 7. The summed E-state index contributed by atoms with van der Waals surface area (Å²) >= 11 is 0. The van der Waals surface area contributed by atoms with Crippen LogP contribution in [-0.2, 0) is 24.3 Å². The van der Waals surface area contributed by atoms with Gasteiger partial charge in [-0.2, -0.15) is 4.31 Å². The number of aliphatic hydroxyl groups excluding tert-OH is 1. The average Bonchev–Trinajstić information content (AvgIpc) is 3.23. The van der Waals surface area contributed by atoms with E-state index in [0.29, 0.717) is 44.8 Å². The Balaban J connectivity index is 1.44. The molecule has 1 amide bonds. The van der Waals surface area contributed by atoms with Gasteiger partial charge in [0, 0.05) is 44.8 Å². The van der Waals surface area contributed by atoms with Gasteiger partial charge in [-0.15, -0.1) is 0 Å². The summed E-state index contributed by atoms with van der Waals surface area (Å²) in [5.41, 5.74) is 2.09. The lowest BCUT2D eigenvalue weighted by Gasteiger charge is -2.29. The van der Waals surface area contributed by atoms with Crippen molar-refractivity contribution in [2.24, 2.45) is 0 Å². The second kappa shape index (κ2) is 12.2. The number of morpholine rings is 1. The Morgan fingerprint density at radius 2 is 1.55 bits per heavy atom. The molecule has 3 heterocycles. The molecule has 3 saturated heterocycles. The van der Waals surface area contributed by atoms with Gasteiger partial charge in [0.05, 0.1) is 29.7 Å². The van der Waals surface area contributed by atoms with E-state index in [-0.39, 0.29) is 16.2 Å². The molecule has 3 aliphatic heterocycles. The topological polar surface area (TPSA) is 107 Å². The van der Waals surface area contributed by atoms with Crippen LogP contribution in [0.1, 0.15) is 48.4 Å². The first-order chi connectivity index (χ1) is 19.3. The zero-order valence-electron chi connectivity index (χ0n) is 22.9. The second-order valence-electron chi connectivity index (χ2n) is 10.7. The van der Waals surface area contributed by atoms with E-state index in [4.69, 9.17) is 4.74 Å². The van der Waals surface area contributed by atoms with E-state index < -0.39 is 27.8 Å². The number of Topliss-reactive ketones (excluding diaryl/α,β-unsaturated/α-hetero) is 1. The van der Waals surface area contributed by atoms with Crippen molar-refractivity contribution in [2.75, 3.05) is 52.5 Å². The molecule has 5 rings (SSSR count). The van der Waals surface area contributed by atoms with Gasteiger partial charge < -0.3 is 14.7 Å². The Morgan fingerprint density at radius 1 is 0.900 bits per heavy atom. The summed E-state index contributed by atoms with van der Waals surface area (Å²) in [7, 11) is -3.63. The minimum absolute atomic E-state index is 0.0202. The summed E-state index contributed by atoms with van der Waals surface area (Å²) in [5.74, 6) is -1.68. The number of aryl methyl sites for hydroxylation is 1. The van der Waals surface area contributed by atoms with Gasteiger partial charge in [-0.25, -0.2) is 8.42 Å². The molecule has 214 valence electrons. The van der Waals surface area contributed by atoms with Crippen LogP contribution in [0.2, 0.25) is 0 Å². The highest BCUT2D eigenvalue weighted by Crippen LogP contribution is 2.39. The van der Waals surface area contributed by atoms with Gasteiger partial charge in [-0.05, 0) is 56.0 Å². The molecule has 0 bridgehead atoms. The molecule has 0 aliphatic carbocycles. The van der Waals surface area contributed by atoms with Crippen molar-refractivity contribution < 1.29 is 27.9 Å². The van der Waals surface area contributed by atoms with E-state index in [1.165, 1.54) is 28.6 Å². The molecule has 0 unspecified atom stereocenters. The predicted octanol–water partition coefficient (Wildman–Crippen LogP) is 3.31. The van der Waals surface area contributed by atoms with Crippen molar-refractivity contribution >= 4 is 27.5 Å². The maximum Gasteiger partial charge on any atom is 0.295 e. The number of amides is 1. The Labute approximate surface area is 236 Å². The van der Waals surface area contributed by atoms with Gasteiger partial charge in [0.25, 0.3) is 11.7 Å². The molecule has 10 heteroatoms. The smallest absolute Gasteiger partial charge is 0.295 e. The summed E-state index contributed by atoms with van der Waals surface area (Å²) in [4.78, 5) is 30.6. The van der Waals surface area contributed by atoms with Crippen LogP contribution in [0.3, 0.4) is 0 Å². The van der Waals surface area contributed by atoms with E-state index in [2.05, 4.69) is 4.90 Å². The fraction of sp³-hybridized carbons (Fsp3) is 0.467. The number of sulfonamides is 1. The van der Waals surface area contributed by atoms with Gasteiger partial charge in [-0.3, -0.25) is 14.5 Å². The second-order valence-corrected chi connectivity index (χ2v) is 12.6. The third kappa shape index (κ3) is 5.85. The first-order valence-electron chi connectivity index (χ1n) is 14.0. The summed E-state index contributed by atoms with van der Waals surface area (Å²) < 4.78 is 33.1. The number of ketones is 1. The third-order valence-corrected chi connectivity index (χ3v) is 9.90. The summed E-state index contributed by atoms with van der Waals surface area (Å²) in [6.45, 7) is 7.14. The van der Waals surface area contributed by atoms with Crippen molar-refractivity contribution in [3.63, 3.8) is 0 Å². The van der Waals surface area contributed by atoms with E-state index in [1.54, 1.807) is 4.90 Å². The van der Waals surface area contributed by atoms with E-state index >= 15 is 0 Å². The van der Waals surface area contributed by atoms with Gasteiger partial charge >= 0.3 is 0 Å². The van der Waals surface area contributed by atoms with Crippen LogP contribution in [0.4, 0.5) is 0 Å². The number of aliphatic hydroxyl groups is 1. The standard InChI is InChI=1S/C30H37N3O6S/c1-22-6-8-23(9-7-22)27-26(29(35)30(36)33(27)17-5-14-31-18-20-39-21-19-31)28(34)24-10-12-25(13-11-24)40(37,38)32-15-3-2-4-16-32/h6-13,27,34H,2-5,14-21H2,1H3/t27-/m1/s1. The number of piperidine rings is 1. The Morgan fingerprint density at radius 3 is 2.20 bits per heavy atom. The van der Waals surface area contributed by atoms with Gasteiger partial charge in [0.1, 0.15) is 5.76 Å². The molecule has 0 aromatic heterocycles. The van der Waals surface area contributed by atoms with Crippen LogP contribution in [0, 0.1) is 6.92 Å². The molecular weight excluding hydrogens is 530 g/mol. The normalized spacial score (nSPS) is 22.6. The highest BCUT2D eigenvalue weighted by atomic mass is 32.2. The van der Waals surface area contributed by atoms with Gasteiger partial charge in [0.2, 0.25) is 10.0 Å². The Bertz CT molecular complexity index is 1360. The molecule has 2 aromatic carbocycles. The van der Waals surface area contributed by atoms with Crippen LogP contribution in [0.5, 0.6) is 0 Å². The third-order valence-electron chi connectivity index (χ3n) is 7.99. The number of carbonyl (C=O) groups excluding carboxylic acids is 2. The zero-order valence-corrected chi connectivity index (χ0v) is 23.7. The largest absolute Gasteiger partial charge is 0.507 e. The van der Waals surface area contributed by atoms with Gasteiger partial charge in [0.15, 0.2) is 0 Å². The lowest BCUT2D eigenvalue weighted by Crippen LogP contribution is -2.38. The molecule has 1 N–H and O–H groups in total. The van der Waals surface area contributed by atoms with Crippen LogP contribution in [0.25, 0.3) is 5.76 Å². The molecular formula is C30H37N3O6S. The van der Waals surface area contributed by atoms with E-state index in [0.717, 1.165) is 50.0 Å². The van der Waals surface area contributed by atoms with E-state index in [9.17, 15) is 23.1 Å². The van der Waals surface area contributed by atoms with Crippen LogP contribution >= 0.6 is 0 Å². The minimum atomic E-state index is -3.63. The molecule has 2 aromatic rings. The number of carbonyl (C=O) groups is 2. The summed E-state index contributed by atoms with van der Waals surface area (Å²) in [5, 5.41) is 11.4. The number of ether oxygens (including phenoxy) is 1. The molecule has 9 nitrogen and oxygen atoms in total. The monoisotopic (exact) mass is 567 g/mol. The molecule has 1 atom stereocenters. The first-order valence-corrected chi connectivity index (χ1v) is 15.5. The minimum Gasteiger partial charge on any atom is -0.507 e. The van der Waals surface area contributed by atoms with Gasteiger partial charge in [-0.1, -0.05) is 36.2 Å². The molecule has 40 heavy (non-hydrogen) atoms. The fourth-order valence-electron chi connectivity index (χ4n) is 5.69. The highest BCUT2D eigenvalue weighted by Gasteiger charge is 2.45. The molecule has 3 fully saturated rings. The van der Waals surface area contributed by atoms with Crippen molar-refractivity contribution in [1.82, 2.24) is 14.1 Å². The number of benzene rings is 2. The van der Waals surface area contributed by atoms with Crippen molar-refractivity contribution in [1.29, 1.82) is 0 Å². The Kier molecular flexibility index (Phi) is 8.70. The van der Waals surface area contributed by atoms with Crippen molar-refractivity contribution in [2.45, 2.75) is 43.5 Å². The van der Waals surface area contributed by atoms with Crippen LogP contribution in [-0.4, -0.2) is 91.8 Å². The maximum atomic E-state index is 13.3. The molecule has 3 aliphatic rings. The van der Waals surface area contributed by atoms with Crippen molar-refractivity contribution in [3.8, 4) is 0 Å². The molecule has 0 saturated carbocycles. The number of hydrogen-bond donors (Lipinski definition) is 1. The van der Waals surface area contributed by atoms with Crippen LogP contribution in [0.15, 0.2) is 59.0 Å². The van der Waals surface area contributed by atoms with Crippen LogP contribution < -0.4 is 0 Å². The maximum absolute atomic E-state index is 13.3. The van der Waals surface area contributed by atoms with E-state index in [1.807, 2.05) is 31.2 Å². The lowest BCUT2D eigenvalue weighted by molar-refractivity contribution is -0.140. The average molecular weight is 568 g/mol. The predicted molar refractivity (Wildman–Crippen MR) is 151 cm³/mol. The van der Waals surface area contributed by atoms with Crippen molar-refractivity contribution in [3.05, 3.63) is 70.8 Å².